The largest absolute Gasteiger partial charge is 0.419 e. The van der Waals surface area contributed by atoms with Crippen molar-refractivity contribution < 1.29 is 14.0 Å². The topological polar surface area (TPSA) is 115 Å². The van der Waals surface area contributed by atoms with E-state index in [1.807, 2.05) is 19.2 Å². The molecule has 5 rings (SSSR count). The summed E-state index contributed by atoms with van der Waals surface area (Å²) in [4.78, 5) is 45.5. The molecule has 2 aliphatic carbocycles. The number of oxazole rings is 1. The summed E-state index contributed by atoms with van der Waals surface area (Å²) < 4.78 is 8.31. The van der Waals surface area contributed by atoms with Gasteiger partial charge in [0.05, 0.1) is 11.9 Å². The summed E-state index contributed by atoms with van der Waals surface area (Å²) in [6.07, 6.45) is 16.9. The van der Waals surface area contributed by atoms with Crippen LogP contribution in [0.5, 0.6) is 0 Å². The molecule has 3 aromatic heterocycles. The van der Waals surface area contributed by atoms with Crippen molar-refractivity contribution >= 4 is 23.5 Å². The van der Waals surface area contributed by atoms with Gasteiger partial charge in [0.25, 0.3) is 11.8 Å². The molecule has 2 amide bonds. The zero-order valence-electron chi connectivity index (χ0n) is 26.8. The van der Waals surface area contributed by atoms with Gasteiger partial charge in [-0.2, -0.15) is 5.10 Å². The zero-order chi connectivity index (χ0) is 31.4. The Hall–Kier alpha value is -3.95. The SMILES string of the molecule is CCCC1CC(CCC)CC(C)(CN(C)C(=O)c2cc(C(=O)NCC3=CCc4c(oc(=O)n4C)C=CC3)nc3ccnn23)C1. The van der Waals surface area contributed by atoms with Gasteiger partial charge in [-0.1, -0.05) is 64.2 Å². The lowest BCUT2D eigenvalue weighted by Crippen LogP contribution is -2.42. The average molecular weight is 603 g/mol. The molecule has 0 spiro atoms. The molecule has 0 saturated heterocycles. The lowest BCUT2D eigenvalue weighted by Gasteiger charge is -2.44. The van der Waals surface area contributed by atoms with Crippen LogP contribution in [0.1, 0.15) is 105 Å². The van der Waals surface area contributed by atoms with Gasteiger partial charge in [-0.3, -0.25) is 14.2 Å². The van der Waals surface area contributed by atoms with E-state index in [0.29, 0.717) is 54.9 Å². The van der Waals surface area contributed by atoms with E-state index in [4.69, 9.17) is 4.42 Å². The molecule has 1 saturated carbocycles. The van der Waals surface area contributed by atoms with Crippen LogP contribution in [0.3, 0.4) is 0 Å². The molecule has 0 radical (unpaired) electrons. The third-order valence-corrected chi connectivity index (χ3v) is 9.27. The van der Waals surface area contributed by atoms with Crippen LogP contribution in [-0.4, -0.2) is 56.0 Å². The van der Waals surface area contributed by atoms with Crippen molar-refractivity contribution in [3.63, 3.8) is 0 Å². The molecular formula is C34H46N6O4. The second-order valence-corrected chi connectivity index (χ2v) is 13.1. The molecule has 2 aliphatic rings. The highest BCUT2D eigenvalue weighted by atomic mass is 16.4. The molecule has 10 nitrogen and oxygen atoms in total. The van der Waals surface area contributed by atoms with E-state index >= 15 is 0 Å². The van der Waals surface area contributed by atoms with E-state index in [9.17, 15) is 14.4 Å². The number of amides is 2. The molecule has 2 unspecified atom stereocenters. The summed E-state index contributed by atoms with van der Waals surface area (Å²) in [5.74, 6) is 1.04. The summed E-state index contributed by atoms with van der Waals surface area (Å²) in [5, 5.41) is 7.32. The maximum absolute atomic E-state index is 13.9. The molecular weight excluding hydrogens is 556 g/mol. The number of rotatable bonds is 10. The first-order valence-corrected chi connectivity index (χ1v) is 16.0. The van der Waals surface area contributed by atoms with E-state index in [2.05, 4.69) is 36.2 Å². The Bertz CT molecular complexity index is 1610. The molecule has 44 heavy (non-hydrogen) atoms. The number of nitrogens with zero attached hydrogens (tertiary/aromatic N) is 5. The number of hydrogen-bond acceptors (Lipinski definition) is 6. The van der Waals surface area contributed by atoms with Gasteiger partial charge in [-0.05, 0) is 49.0 Å². The normalized spacial score (nSPS) is 21.8. The maximum Gasteiger partial charge on any atom is 0.419 e. The number of carbonyl (C=O) groups is 2. The fraction of sp³-hybridized carbons (Fsp3) is 0.559. The standard InChI is InChI=1S/C34H46N6O4/c1-6-9-24-17-25(10-7-2)20-34(3,19-24)22-38(4)32(42)28-18-26(37-30-15-16-36-40(28)30)31(41)35-21-23-11-8-12-29-27(14-13-23)39(5)33(43)44-29/h8,12-13,15-16,18,24-25H,6-7,9-11,14,17,19-22H2,1-5H3,(H,35,41). The fourth-order valence-electron chi connectivity index (χ4n) is 7.46. The van der Waals surface area contributed by atoms with Crippen LogP contribution in [0.4, 0.5) is 0 Å². The van der Waals surface area contributed by atoms with Crippen LogP contribution in [0, 0.1) is 17.3 Å². The van der Waals surface area contributed by atoms with Gasteiger partial charge >= 0.3 is 5.76 Å². The number of nitrogens with one attached hydrogen (secondary N) is 1. The number of fused-ring (bicyclic) bond motifs is 2. The second-order valence-electron chi connectivity index (χ2n) is 13.1. The molecule has 0 bridgehead atoms. The number of carbonyl (C=O) groups excluding carboxylic acids is 2. The molecule has 3 heterocycles. The van der Waals surface area contributed by atoms with Gasteiger partial charge in [0, 0.05) is 45.7 Å². The Kier molecular flexibility index (Phi) is 9.56. The highest BCUT2D eigenvalue weighted by Crippen LogP contribution is 2.45. The first-order chi connectivity index (χ1) is 21.1. The summed E-state index contributed by atoms with van der Waals surface area (Å²) in [5.41, 5.74) is 2.78. The Labute approximate surface area is 259 Å². The Morgan fingerprint density at radius 3 is 2.59 bits per heavy atom. The summed E-state index contributed by atoms with van der Waals surface area (Å²) in [6, 6.07) is 3.26. The third-order valence-electron chi connectivity index (χ3n) is 9.27. The van der Waals surface area contributed by atoms with Gasteiger partial charge in [0.1, 0.15) is 11.4 Å². The lowest BCUT2D eigenvalue weighted by molar-refractivity contribution is 0.0482. The first kappa shape index (κ1) is 31.5. The molecule has 0 aliphatic heterocycles. The van der Waals surface area contributed by atoms with Crippen LogP contribution >= 0.6 is 0 Å². The molecule has 0 aromatic carbocycles. The minimum absolute atomic E-state index is 0.0437. The molecule has 3 aromatic rings. The highest BCUT2D eigenvalue weighted by molar-refractivity contribution is 5.98. The highest BCUT2D eigenvalue weighted by Gasteiger charge is 2.38. The molecule has 1 fully saturated rings. The van der Waals surface area contributed by atoms with Crippen LogP contribution in [0.15, 0.2) is 45.3 Å². The van der Waals surface area contributed by atoms with Crippen LogP contribution < -0.4 is 11.1 Å². The Balaban J connectivity index is 1.30. The van der Waals surface area contributed by atoms with Crippen LogP contribution in [0.2, 0.25) is 0 Å². The molecule has 10 heteroatoms. The maximum atomic E-state index is 13.9. The van der Waals surface area contributed by atoms with E-state index in [0.717, 1.165) is 24.1 Å². The molecule has 2 atom stereocenters. The van der Waals surface area contributed by atoms with Crippen molar-refractivity contribution in [2.75, 3.05) is 20.1 Å². The predicted octanol–water partition coefficient (Wildman–Crippen LogP) is 5.43. The minimum atomic E-state index is -0.392. The van der Waals surface area contributed by atoms with Crippen molar-refractivity contribution in [2.45, 2.75) is 78.6 Å². The van der Waals surface area contributed by atoms with Gasteiger partial charge in [-0.15, -0.1) is 0 Å². The lowest BCUT2D eigenvalue weighted by atomic mass is 9.64. The van der Waals surface area contributed by atoms with Gasteiger partial charge < -0.3 is 14.6 Å². The van der Waals surface area contributed by atoms with Crippen molar-refractivity contribution in [1.82, 2.24) is 29.4 Å². The zero-order valence-corrected chi connectivity index (χ0v) is 26.8. The van der Waals surface area contributed by atoms with E-state index in [1.165, 1.54) is 41.2 Å². The molecule has 1 N–H and O–H groups in total. The average Bonchev–Trinajstić information content (AvgIpc) is 3.55. The smallest absolute Gasteiger partial charge is 0.408 e. The fourth-order valence-corrected chi connectivity index (χ4v) is 7.46. The second kappa shape index (κ2) is 13.4. The predicted molar refractivity (Wildman–Crippen MR) is 170 cm³/mol. The van der Waals surface area contributed by atoms with Crippen molar-refractivity contribution in [2.24, 2.45) is 24.3 Å². The number of hydrogen-bond donors (Lipinski definition) is 1. The van der Waals surface area contributed by atoms with Gasteiger partial charge in [-0.25, -0.2) is 14.3 Å². The van der Waals surface area contributed by atoms with Crippen molar-refractivity contribution in [3.05, 3.63) is 69.4 Å². The van der Waals surface area contributed by atoms with E-state index in [-0.39, 0.29) is 22.9 Å². The number of allylic oxidation sites excluding steroid dienone is 2. The Morgan fingerprint density at radius 1 is 1.16 bits per heavy atom. The Morgan fingerprint density at radius 2 is 1.89 bits per heavy atom. The first-order valence-electron chi connectivity index (χ1n) is 16.0. The minimum Gasteiger partial charge on any atom is -0.408 e. The van der Waals surface area contributed by atoms with Crippen molar-refractivity contribution in [1.29, 1.82) is 0 Å². The number of aromatic nitrogens is 4. The molecule has 236 valence electrons. The summed E-state index contributed by atoms with van der Waals surface area (Å²) in [6.45, 7) is 7.83. The van der Waals surface area contributed by atoms with Gasteiger partial charge in [0.15, 0.2) is 11.4 Å². The van der Waals surface area contributed by atoms with Crippen molar-refractivity contribution in [3.8, 4) is 0 Å². The van der Waals surface area contributed by atoms with E-state index < -0.39 is 5.76 Å². The quantitative estimate of drug-likeness (QED) is 0.310. The van der Waals surface area contributed by atoms with Crippen LogP contribution in [-0.2, 0) is 13.5 Å². The van der Waals surface area contributed by atoms with Crippen LogP contribution in [0.25, 0.3) is 11.7 Å². The van der Waals surface area contributed by atoms with Gasteiger partial charge in [0.2, 0.25) is 0 Å². The van der Waals surface area contributed by atoms with E-state index in [1.54, 1.807) is 36.4 Å². The monoisotopic (exact) mass is 602 g/mol. The summed E-state index contributed by atoms with van der Waals surface area (Å²) in [7, 11) is 3.54. The third kappa shape index (κ3) is 6.89. The summed E-state index contributed by atoms with van der Waals surface area (Å²) >= 11 is 0.